The van der Waals surface area contributed by atoms with Crippen LogP contribution in [0.3, 0.4) is 0 Å². The Bertz CT molecular complexity index is 664. The Kier molecular flexibility index (Phi) is 3.82. The van der Waals surface area contributed by atoms with Crippen molar-refractivity contribution in [1.82, 2.24) is 4.98 Å². The third-order valence-corrected chi connectivity index (χ3v) is 3.73. The first kappa shape index (κ1) is 13.6. The smallest absolute Gasteiger partial charge is 0.227 e. The molecule has 1 aliphatic carbocycles. The minimum atomic E-state index is 0.133. The Morgan fingerprint density at radius 1 is 1.24 bits per heavy atom. The van der Waals surface area contributed by atoms with Gasteiger partial charge in [0.1, 0.15) is 0 Å². The zero-order valence-electron chi connectivity index (χ0n) is 12.0. The average Bonchev–Trinajstić information content (AvgIpc) is 3.24. The number of hydrogen-bond acceptors (Lipinski definition) is 2. The van der Waals surface area contributed by atoms with Gasteiger partial charge < -0.3 is 5.32 Å². The highest BCUT2D eigenvalue weighted by atomic mass is 16.2. The molecule has 2 aromatic rings. The Labute approximate surface area is 124 Å². The maximum absolute atomic E-state index is 11.9. The minimum Gasteiger partial charge on any atom is -0.326 e. The fourth-order valence-corrected chi connectivity index (χ4v) is 2.30. The van der Waals surface area contributed by atoms with E-state index in [1.54, 1.807) is 6.20 Å². The lowest BCUT2D eigenvalue weighted by Gasteiger charge is -2.05. The summed E-state index contributed by atoms with van der Waals surface area (Å²) in [4.78, 5) is 16.2. The number of nitrogens with zero attached hydrogens (tertiary/aromatic N) is 1. The highest BCUT2D eigenvalue weighted by Crippen LogP contribution is 2.38. The van der Waals surface area contributed by atoms with Gasteiger partial charge in [-0.1, -0.05) is 31.2 Å². The van der Waals surface area contributed by atoms with Gasteiger partial charge in [0.25, 0.3) is 0 Å². The number of carbonyl (C=O) groups excluding carboxylic acids is 1. The van der Waals surface area contributed by atoms with E-state index in [9.17, 15) is 4.79 Å². The molecule has 2 unspecified atom stereocenters. The van der Waals surface area contributed by atoms with Crippen LogP contribution in [-0.2, 0) is 4.79 Å². The minimum absolute atomic E-state index is 0.133. The van der Waals surface area contributed by atoms with Crippen LogP contribution >= 0.6 is 0 Å². The van der Waals surface area contributed by atoms with Crippen LogP contribution < -0.4 is 5.32 Å². The van der Waals surface area contributed by atoms with E-state index < -0.39 is 0 Å². The molecule has 1 aliphatic rings. The van der Waals surface area contributed by atoms with Crippen molar-refractivity contribution >= 4 is 23.7 Å². The van der Waals surface area contributed by atoms with Crippen molar-refractivity contribution in [3.63, 3.8) is 0 Å². The summed E-state index contributed by atoms with van der Waals surface area (Å²) in [6.45, 7) is 2.11. The second-order valence-corrected chi connectivity index (χ2v) is 5.52. The van der Waals surface area contributed by atoms with Crippen LogP contribution in [0.2, 0.25) is 0 Å². The van der Waals surface area contributed by atoms with Gasteiger partial charge in [0.15, 0.2) is 0 Å². The summed E-state index contributed by atoms with van der Waals surface area (Å²) in [6.07, 6.45) is 6.74. The van der Waals surface area contributed by atoms with E-state index in [4.69, 9.17) is 0 Å². The fraction of sp³-hybridized carbons (Fsp3) is 0.222. The molecular formula is C18H18N2O. The summed E-state index contributed by atoms with van der Waals surface area (Å²) in [7, 11) is 0. The van der Waals surface area contributed by atoms with Crippen LogP contribution in [-0.4, -0.2) is 10.9 Å². The molecule has 0 saturated heterocycles. The standard InChI is InChI=1S/C18H18N2O/c1-13-11-17(13)18(21)20-16-7-4-5-14(12-16)8-9-15-6-2-3-10-19-15/h2-10,12-13,17H,11H2,1H3,(H,20,21). The number of amides is 1. The first-order chi connectivity index (χ1) is 10.2. The molecule has 1 heterocycles. The summed E-state index contributed by atoms with van der Waals surface area (Å²) in [5.74, 6) is 0.850. The monoisotopic (exact) mass is 278 g/mol. The summed E-state index contributed by atoms with van der Waals surface area (Å²) in [6, 6.07) is 13.7. The van der Waals surface area contributed by atoms with Gasteiger partial charge >= 0.3 is 0 Å². The van der Waals surface area contributed by atoms with Crippen LogP contribution in [0.5, 0.6) is 0 Å². The van der Waals surface area contributed by atoms with E-state index in [0.29, 0.717) is 5.92 Å². The van der Waals surface area contributed by atoms with Gasteiger partial charge in [-0.2, -0.15) is 0 Å². The number of rotatable bonds is 4. The summed E-state index contributed by atoms with van der Waals surface area (Å²) in [5.41, 5.74) is 2.81. The Morgan fingerprint density at radius 3 is 2.81 bits per heavy atom. The molecule has 0 spiro atoms. The van der Waals surface area contributed by atoms with Crippen molar-refractivity contribution in [3.05, 3.63) is 59.9 Å². The molecule has 0 radical (unpaired) electrons. The molecule has 21 heavy (non-hydrogen) atoms. The Hall–Kier alpha value is -2.42. The largest absolute Gasteiger partial charge is 0.326 e. The molecule has 0 aliphatic heterocycles. The second-order valence-electron chi connectivity index (χ2n) is 5.52. The van der Waals surface area contributed by atoms with Crippen molar-refractivity contribution in [1.29, 1.82) is 0 Å². The van der Waals surface area contributed by atoms with E-state index >= 15 is 0 Å². The van der Waals surface area contributed by atoms with Crippen molar-refractivity contribution in [2.75, 3.05) is 5.32 Å². The predicted molar refractivity (Wildman–Crippen MR) is 85.5 cm³/mol. The molecule has 2 atom stereocenters. The number of nitrogens with one attached hydrogen (secondary N) is 1. The molecule has 1 saturated carbocycles. The molecule has 1 fully saturated rings. The van der Waals surface area contributed by atoms with Crippen LogP contribution in [0.1, 0.15) is 24.6 Å². The second kappa shape index (κ2) is 5.92. The predicted octanol–water partition coefficient (Wildman–Crippen LogP) is 3.85. The molecule has 1 amide bonds. The van der Waals surface area contributed by atoms with E-state index in [2.05, 4.69) is 17.2 Å². The molecule has 106 valence electrons. The van der Waals surface area contributed by atoms with Crippen LogP contribution in [0.4, 0.5) is 5.69 Å². The Balaban J connectivity index is 1.68. The fourth-order valence-electron chi connectivity index (χ4n) is 2.30. The van der Waals surface area contributed by atoms with E-state index in [-0.39, 0.29) is 11.8 Å². The normalized spacial score (nSPS) is 20.4. The number of anilines is 1. The summed E-state index contributed by atoms with van der Waals surface area (Å²) in [5, 5.41) is 2.98. The lowest BCUT2D eigenvalue weighted by Crippen LogP contribution is -2.14. The zero-order valence-corrected chi connectivity index (χ0v) is 12.0. The van der Waals surface area contributed by atoms with Crippen LogP contribution in [0.25, 0.3) is 12.2 Å². The maximum Gasteiger partial charge on any atom is 0.227 e. The number of aromatic nitrogens is 1. The van der Waals surface area contributed by atoms with Crippen molar-refractivity contribution < 1.29 is 4.79 Å². The lowest BCUT2D eigenvalue weighted by atomic mass is 10.1. The van der Waals surface area contributed by atoms with Gasteiger partial charge in [0.05, 0.1) is 5.69 Å². The Morgan fingerprint density at radius 2 is 2.10 bits per heavy atom. The molecule has 1 aromatic carbocycles. The topological polar surface area (TPSA) is 42.0 Å². The molecule has 0 bridgehead atoms. The highest BCUT2D eigenvalue weighted by molar-refractivity contribution is 5.94. The number of benzene rings is 1. The molecule has 3 rings (SSSR count). The van der Waals surface area contributed by atoms with Gasteiger partial charge in [0, 0.05) is 17.8 Å². The first-order valence-electron chi connectivity index (χ1n) is 7.22. The number of carbonyl (C=O) groups is 1. The van der Waals surface area contributed by atoms with Crippen molar-refractivity contribution in [2.45, 2.75) is 13.3 Å². The number of hydrogen-bond donors (Lipinski definition) is 1. The van der Waals surface area contributed by atoms with E-state index in [1.807, 2.05) is 54.6 Å². The molecule has 3 nitrogen and oxygen atoms in total. The van der Waals surface area contributed by atoms with Gasteiger partial charge in [-0.05, 0) is 48.2 Å². The van der Waals surface area contributed by atoms with Crippen LogP contribution in [0, 0.1) is 11.8 Å². The van der Waals surface area contributed by atoms with Crippen molar-refractivity contribution in [3.8, 4) is 0 Å². The SMILES string of the molecule is CC1CC1C(=O)Nc1cccc(C=Cc2ccccn2)c1. The van der Waals surface area contributed by atoms with Crippen molar-refractivity contribution in [2.24, 2.45) is 11.8 Å². The van der Waals surface area contributed by atoms with E-state index in [0.717, 1.165) is 23.4 Å². The van der Waals surface area contributed by atoms with Gasteiger partial charge in [-0.25, -0.2) is 0 Å². The van der Waals surface area contributed by atoms with Gasteiger partial charge in [0.2, 0.25) is 5.91 Å². The molecule has 1 N–H and O–H groups in total. The zero-order chi connectivity index (χ0) is 14.7. The third-order valence-electron chi connectivity index (χ3n) is 3.73. The third kappa shape index (κ3) is 3.57. The first-order valence-corrected chi connectivity index (χ1v) is 7.22. The highest BCUT2D eigenvalue weighted by Gasteiger charge is 2.38. The number of pyridine rings is 1. The average molecular weight is 278 g/mol. The lowest BCUT2D eigenvalue weighted by molar-refractivity contribution is -0.117. The van der Waals surface area contributed by atoms with Gasteiger partial charge in [-0.3, -0.25) is 9.78 Å². The van der Waals surface area contributed by atoms with Crippen LogP contribution in [0.15, 0.2) is 48.7 Å². The summed E-state index contributed by atoms with van der Waals surface area (Å²) < 4.78 is 0. The molecular weight excluding hydrogens is 260 g/mol. The molecule has 1 aromatic heterocycles. The summed E-state index contributed by atoms with van der Waals surface area (Å²) >= 11 is 0. The van der Waals surface area contributed by atoms with Gasteiger partial charge in [-0.15, -0.1) is 0 Å². The quantitative estimate of drug-likeness (QED) is 0.923. The molecule has 3 heteroatoms. The maximum atomic E-state index is 11.9. The van der Waals surface area contributed by atoms with E-state index in [1.165, 1.54) is 0 Å².